The third kappa shape index (κ3) is 2.99. The number of nitrogens with zero attached hydrogens (tertiary/aromatic N) is 3. The van der Waals surface area contributed by atoms with Gasteiger partial charge >= 0.3 is 6.03 Å². The molecule has 5 rings (SSSR count). The van der Waals surface area contributed by atoms with Crippen molar-refractivity contribution in [2.75, 3.05) is 18.4 Å². The van der Waals surface area contributed by atoms with Crippen LogP contribution in [0.4, 0.5) is 19.3 Å². The number of likely N-dealkylation sites (tertiary alicyclic amines) is 1. The number of hydrogen-bond donors (Lipinski definition) is 1. The van der Waals surface area contributed by atoms with Crippen LogP contribution in [0.1, 0.15) is 27.6 Å². The summed E-state index contributed by atoms with van der Waals surface area (Å²) in [4.78, 5) is 34.0. The lowest BCUT2D eigenvalue weighted by Crippen LogP contribution is -2.47. The Labute approximate surface area is 176 Å². The van der Waals surface area contributed by atoms with Gasteiger partial charge in [-0.15, -0.1) is 11.3 Å². The Balaban J connectivity index is 1.31. The van der Waals surface area contributed by atoms with E-state index in [1.807, 2.05) is 13.8 Å². The van der Waals surface area contributed by atoms with Gasteiger partial charge in [0.15, 0.2) is 11.6 Å². The summed E-state index contributed by atoms with van der Waals surface area (Å²) in [7, 11) is 0. The number of benzene rings is 1. The minimum atomic E-state index is -0.993. The maximum Gasteiger partial charge on any atom is 0.322 e. The molecule has 2 bridgehead atoms. The molecular formula is C21H20F2N4O2S. The average Bonchev–Trinajstić information content (AvgIpc) is 3.39. The van der Waals surface area contributed by atoms with Crippen molar-refractivity contribution in [2.45, 2.75) is 32.9 Å². The Hall–Kier alpha value is -2.81. The molecule has 3 aliphatic rings. The highest BCUT2D eigenvalue weighted by atomic mass is 32.1. The van der Waals surface area contributed by atoms with E-state index in [1.165, 1.54) is 21.4 Å². The van der Waals surface area contributed by atoms with Gasteiger partial charge in [0.05, 0.1) is 33.9 Å². The van der Waals surface area contributed by atoms with E-state index in [1.54, 1.807) is 16.2 Å². The predicted molar refractivity (Wildman–Crippen MR) is 109 cm³/mol. The zero-order valence-corrected chi connectivity index (χ0v) is 17.4. The minimum absolute atomic E-state index is 0.00590. The number of amides is 3. The first-order chi connectivity index (χ1) is 14.3. The normalized spacial score (nSPS) is 22.3. The highest BCUT2D eigenvalue weighted by Crippen LogP contribution is 2.44. The molecule has 2 aromatic rings. The lowest BCUT2D eigenvalue weighted by molar-refractivity contribution is -0.132. The fraction of sp³-hybridized carbons (Fsp3) is 0.381. The molecule has 2 aliphatic heterocycles. The van der Waals surface area contributed by atoms with Crippen LogP contribution in [0.15, 0.2) is 18.2 Å². The van der Waals surface area contributed by atoms with Gasteiger partial charge in [-0.25, -0.2) is 18.6 Å². The van der Waals surface area contributed by atoms with Gasteiger partial charge in [-0.05, 0) is 38.0 Å². The van der Waals surface area contributed by atoms with E-state index in [0.717, 1.165) is 23.2 Å². The Morgan fingerprint density at radius 3 is 2.80 bits per heavy atom. The molecule has 0 spiro atoms. The number of anilines is 1. The zero-order chi connectivity index (χ0) is 21.2. The van der Waals surface area contributed by atoms with Crippen molar-refractivity contribution in [3.8, 4) is 0 Å². The summed E-state index contributed by atoms with van der Waals surface area (Å²) in [6.07, 6.45) is 3.00. The quantitative estimate of drug-likeness (QED) is 0.808. The molecule has 1 aromatic carbocycles. The number of fused-ring (bicyclic) bond motifs is 3. The number of urea groups is 1. The number of hydrogen-bond acceptors (Lipinski definition) is 4. The maximum absolute atomic E-state index is 14.1. The zero-order valence-electron chi connectivity index (χ0n) is 16.5. The molecule has 30 heavy (non-hydrogen) atoms. The molecule has 1 aliphatic carbocycles. The van der Waals surface area contributed by atoms with E-state index in [9.17, 15) is 18.4 Å². The molecule has 2 atom stereocenters. The molecule has 6 nitrogen and oxygen atoms in total. The SMILES string of the molecule is Cc1nc(C)c(C2=C[C@@H]3C[C@H]2CN3C(=O)CN2Cc3c(ccc(F)c3F)NC2=O)s1. The van der Waals surface area contributed by atoms with E-state index in [4.69, 9.17) is 0 Å². The highest BCUT2D eigenvalue weighted by Gasteiger charge is 2.43. The fourth-order valence-corrected chi connectivity index (χ4v) is 5.67. The Morgan fingerprint density at radius 1 is 1.33 bits per heavy atom. The van der Waals surface area contributed by atoms with Crippen molar-refractivity contribution < 1.29 is 18.4 Å². The van der Waals surface area contributed by atoms with Gasteiger partial charge in [0.2, 0.25) is 5.91 Å². The number of carbonyl (C=O) groups is 2. The molecule has 3 amide bonds. The second-order valence-electron chi connectivity index (χ2n) is 7.99. The molecule has 3 heterocycles. The maximum atomic E-state index is 14.1. The molecule has 0 radical (unpaired) electrons. The number of halogens is 2. The molecule has 156 valence electrons. The number of thiazole rings is 1. The Morgan fingerprint density at radius 2 is 2.13 bits per heavy atom. The average molecular weight is 430 g/mol. The summed E-state index contributed by atoms with van der Waals surface area (Å²) in [5.74, 6) is -1.89. The number of rotatable bonds is 3. The first kappa shape index (κ1) is 19.2. The van der Waals surface area contributed by atoms with Gasteiger partial charge in [0.1, 0.15) is 6.54 Å². The number of aromatic nitrogens is 1. The van der Waals surface area contributed by atoms with Gasteiger partial charge in [0.25, 0.3) is 0 Å². The van der Waals surface area contributed by atoms with Crippen LogP contribution in [0.2, 0.25) is 0 Å². The lowest BCUT2D eigenvalue weighted by Gasteiger charge is -2.32. The molecule has 1 fully saturated rings. The summed E-state index contributed by atoms with van der Waals surface area (Å²) in [6.45, 7) is 4.27. The second kappa shape index (κ2) is 6.87. The van der Waals surface area contributed by atoms with Crippen molar-refractivity contribution in [1.29, 1.82) is 0 Å². The smallest absolute Gasteiger partial charge is 0.322 e. The van der Waals surface area contributed by atoms with Crippen molar-refractivity contribution in [3.05, 3.63) is 51.0 Å². The van der Waals surface area contributed by atoms with E-state index in [2.05, 4.69) is 16.4 Å². The monoisotopic (exact) mass is 430 g/mol. The van der Waals surface area contributed by atoms with Crippen molar-refractivity contribution in [3.63, 3.8) is 0 Å². The minimum Gasteiger partial charge on any atom is -0.334 e. The number of aryl methyl sites for hydroxylation is 2. The Bertz CT molecular complexity index is 1110. The van der Waals surface area contributed by atoms with Crippen LogP contribution in [0.3, 0.4) is 0 Å². The summed E-state index contributed by atoms with van der Waals surface area (Å²) in [5, 5.41) is 3.56. The van der Waals surface area contributed by atoms with Crippen molar-refractivity contribution in [2.24, 2.45) is 5.92 Å². The molecule has 1 N–H and O–H groups in total. The molecule has 9 heteroatoms. The van der Waals surface area contributed by atoms with Crippen LogP contribution >= 0.6 is 11.3 Å². The third-order valence-electron chi connectivity index (χ3n) is 6.04. The van der Waals surface area contributed by atoms with E-state index < -0.39 is 17.7 Å². The lowest BCUT2D eigenvalue weighted by atomic mass is 10.0. The van der Waals surface area contributed by atoms with Gasteiger partial charge in [-0.1, -0.05) is 6.08 Å². The molecule has 1 saturated heterocycles. The van der Waals surface area contributed by atoms with Crippen LogP contribution in [0.25, 0.3) is 5.57 Å². The summed E-state index contributed by atoms with van der Waals surface area (Å²) in [6, 6.07) is 1.82. The van der Waals surface area contributed by atoms with Crippen molar-refractivity contribution >= 4 is 34.5 Å². The number of carbonyl (C=O) groups excluding carboxylic acids is 2. The predicted octanol–water partition coefficient (Wildman–Crippen LogP) is 3.70. The molecule has 0 saturated carbocycles. The topological polar surface area (TPSA) is 65.5 Å². The van der Waals surface area contributed by atoms with Crippen LogP contribution in [0, 0.1) is 31.4 Å². The largest absolute Gasteiger partial charge is 0.334 e. The van der Waals surface area contributed by atoms with E-state index >= 15 is 0 Å². The third-order valence-corrected chi connectivity index (χ3v) is 7.16. The number of nitrogens with one attached hydrogen (secondary N) is 1. The van der Waals surface area contributed by atoms with Crippen LogP contribution in [-0.2, 0) is 11.3 Å². The first-order valence-electron chi connectivity index (χ1n) is 9.80. The standard InChI is InChI=1S/C21H20F2N4O2S/c1-10-20(30-11(2)24-10)14-6-13-5-12(14)7-27(13)18(28)9-26-8-15-17(25-21(26)29)4-3-16(22)19(15)23/h3-4,6,12-13H,5,7-9H2,1-2H3,(H,25,29)/t12-,13-/m0/s1. The van der Waals surface area contributed by atoms with Crippen LogP contribution in [0.5, 0.6) is 0 Å². The van der Waals surface area contributed by atoms with Gasteiger partial charge in [-0.2, -0.15) is 0 Å². The van der Waals surface area contributed by atoms with Crippen LogP contribution < -0.4 is 5.32 Å². The first-order valence-corrected chi connectivity index (χ1v) is 10.6. The second-order valence-corrected chi connectivity index (χ2v) is 9.19. The van der Waals surface area contributed by atoms with Gasteiger partial charge < -0.3 is 15.1 Å². The summed E-state index contributed by atoms with van der Waals surface area (Å²) < 4.78 is 27.7. The van der Waals surface area contributed by atoms with Gasteiger partial charge in [-0.3, -0.25) is 4.79 Å². The fourth-order valence-electron chi connectivity index (χ4n) is 4.64. The molecular weight excluding hydrogens is 410 g/mol. The Kier molecular flexibility index (Phi) is 4.39. The summed E-state index contributed by atoms with van der Waals surface area (Å²) >= 11 is 1.68. The molecule has 1 aromatic heterocycles. The van der Waals surface area contributed by atoms with Crippen LogP contribution in [-0.4, -0.2) is 45.9 Å². The van der Waals surface area contributed by atoms with E-state index in [0.29, 0.717) is 6.54 Å². The van der Waals surface area contributed by atoms with E-state index in [-0.39, 0.29) is 42.2 Å². The van der Waals surface area contributed by atoms with Crippen molar-refractivity contribution in [1.82, 2.24) is 14.8 Å². The van der Waals surface area contributed by atoms with Gasteiger partial charge in [0, 0.05) is 18.0 Å². The summed E-state index contributed by atoms with van der Waals surface area (Å²) in [5.41, 5.74) is 2.58. The highest BCUT2D eigenvalue weighted by molar-refractivity contribution is 7.12. The molecule has 0 unspecified atom stereocenters.